The van der Waals surface area contributed by atoms with Gasteiger partial charge in [0.25, 0.3) is 0 Å². The Labute approximate surface area is 252 Å². The summed E-state index contributed by atoms with van der Waals surface area (Å²) in [7, 11) is 0. The van der Waals surface area contributed by atoms with E-state index in [2.05, 4.69) is 10.3 Å². The van der Waals surface area contributed by atoms with Gasteiger partial charge in [0.1, 0.15) is 4.75 Å². The minimum atomic E-state index is -1.23. The molecular weight excluding hydrogens is 579 g/mol. The first-order valence-electron chi connectivity index (χ1n) is 13.4. The highest BCUT2D eigenvalue weighted by atomic mass is 35.5. The Morgan fingerprint density at radius 3 is 2.49 bits per heavy atom. The highest BCUT2D eigenvalue weighted by Crippen LogP contribution is 2.55. The van der Waals surface area contributed by atoms with E-state index in [4.69, 9.17) is 23.2 Å². The molecule has 4 aromatic rings. The molecule has 0 radical (unpaired) electrons. The van der Waals surface area contributed by atoms with Crippen molar-refractivity contribution in [1.82, 2.24) is 20.1 Å². The number of aromatic nitrogens is 1. The number of carbonyl (C=O) groups excluding carboxylic acids is 3. The van der Waals surface area contributed by atoms with Crippen LogP contribution in [-0.2, 0) is 20.9 Å². The highest BCUT2D eigenvalue weighted by molar-refractivity contribution is 8.01. The van der Waals surface area contributed by atoms with Crippen LogP contribution in [0.3, 0.4) is 0 Å². The van der Waals surface area contributed by atoms with Gasteiger partial charge in [0.05, 0.1) is 19.0 Å². The zero-order chi connectivity index (χ0) is 28.7. The average Bonchev–Trinajstić information content (AvgIpc) is 3.48. The van der Waals surface area contributed by atoms with Crippen LogP contribution in [0.25, 0.3) is 10.9 Å². The summed E-state index contributed by atoms with van der Waals surface area (Å²) < 4.78 is -1.23. The number of thioether (sulfide) groups is 1. The number of amides is 3. The minimum absolute atomic E-state index is 0.0129. The van der Waals surface area contributed by atoms with E-state index in [1.807, 2.05) is 67.7 Å². The van der Waals surface area contributed by atoms with E-state index in [9.17, 15) is 14.4 Å². The number of carbonyl (C=O) groups is 3. The summed E-state index contributed by atoms with van der Waals surface area (Å²) in [4.78, 5) is 48.7. The molecule has 2 fully saturated rings. The van der Waals surface area contributed by atoms with Gasteiger partial charge in [0.2, 0.25) is 17.7 Å². The molecule has 10 heteroatoms. The monoisotopic (exact) mass is 606 g/mol. The van der Waals surface area contributed by atoms with E-state index in [0.717, 1.165) is 32.5 Å². The number of likely N-dealkylation sites (tertiary alicyclic amines) is 1. The third-order valence-electron chi connectivity index (χ3n) is 7.73. The molecule has 3 heterocycles. The number of nitrogens with one attached hydrogen (secondary N) is 2. The molecule has 2 aliphatic rings. The first kappa shape index (κ1) is 27.7. The van der Waals surface area contributed by atoms with Crippen LogP contribution in [0, 0.1) is 6.92 Å². The summed E-state index contributed by atoms with van der Waals surface area (Å²) in [6.07, 6.45) is 1.86. The number of rotatable bonds is 6. The average molecular weight is 608 g/mol. The zero-order valence-corrected chi connectivity index (χ0v) is 24.7. The predicted molar refractivity (Wildman–Crippen MR) is 162 cm³/mol. The molecule has 2 atom stereocenters. The lowest BCUT2D eigenvalue weighted by atomic mass is 9.90. The molecule has 0 bridgehead atoms. The van der Waals surface area contributed by atoms with Crippen molar-refractivity contribution in [3.8, 4) is 0 Å². The standard InChI is InChI=1S/C31H28Cl2N4O3S/c1-19-2-9-23(10-3-19)41-31(30(40)36-13-12-34-27(38)18-36)15-28(39)37(17-20-4-6-21(32)7-5-20)29(31)25-16-35-26-14-22(33)8-11-24(25)26/h2-11,14,16,29,35H,12-13,15,17-18H2,1H3,(H,34,38). The van der Waals surface area contributed by atoms with Crippen LogP contribution in [0.2, 0.25) is 10.0 Å². The van der Waals surface area contributed by atoms with Gasteiger partial charge < -0.3 is 20.1 Å². The van der Waals surface area contributed by atoms with Crippen molar-refractivity contribution in [3.63, 3.8) is 0 Å². The number of aryl methyl sites for hydroxylation is 1. The fraction of sp³-hybridized carbons (Fsp3) is 0.258. The summed E-state index contributed by atoms with van der Waals surface area (Å²) in [5.74, 6) is -0.568. The number of halogens is 2. The second-order valence-corrected chi connectivity index (χ2v) is 12.8. The number of aromatic amines is 1. The topological polar surface area (TPSA) is 85.5 Å². The van der Waals surface area contributed by atoms with Crippen molar-refractivity contribution in [3.05, 3.63) is 99.7 Å². The number of hydrogen-bond acceptors (Lipinski definition) is 4. The van der Waals surface area contributed by atoms with Gasteiger partial charge in [-0.15, -0.1) is 11.8 Å². The summed E-state index contributed by atoms with van der Waals surface area (Å²) in [6, 6.07) is 20.3. The van der Waals surface area contributed by atoms with Crippen LogP contribution >= 0.6 is 35.0 Å². The molecule has 3 amide bonds. The predicted octanol–water partition coefficient (Wildman–Crippen LogP) is 5.75. The Bertz CT molecular complexity index is 1640. The lowest BCUT2D eigenvalue weighted by Crippen LogP contribution is -2.57. The van der Waals surface area contributed by atoms with Gasteiger partial charge >= 0.3 is 0 Å². The summed E-state index contributed by atoms with van der Waals surface area (Å²) in [5, 5.41) is 4.88. The molecule has 6 rings (SSSR count). The quantitative estimate of drug-likeness (QED) is 0.293. The van der Waals surface area contributed by atoms with Gasteiger partial charge in [-0.2, -0.15) is 0 Å². The minimum Gasteiger partial charge on any atom is -0.361 e. The molecule has 2 saturated heterocycles. The lowest BCUT2D eigenvalue weighted by molar-refractivity contribution is -0.140. The van der Waals surface area contributed by atoms with Crippen molar-refractivity contribution in [1.29, 1.82) is 0 Å². The van der Waals surface area contributed by atoms with Gasteiger partial charge in [0, 0.05) is 57.2 Å². The van der Waals surface area contributed by atoms with Gasteiger partial charge in [-0.25, -0.2) is 0 Å². The molecule has 7 nitrogen and oxygen atoms in total. The van der Waals surface area contributed by atoms with Crippen molar-refractivity contribution in [2.75, 3.05) is 19.6 Å². The number of nitrogens with zero attached hydrogens (tertiary/aromatic N) is 2. The Kier molecular flexibility index (Phi) is 7.49. The molecule has 41 heavy (non-hydrogen) atoms. The molecule has 0 spiro atoms. The van der Waals surface area contributed by atoms with E-state index in [-0.39, 0.29) is 30.7 Å². The number of hydrogen-bond donors (Lipinski definition) is 2. The fourth-order valence-corrected chi connectivity index (χ4v) is 7.54. The van der Waals surface area contributed by atoms with Gasteiger partial charge in [0.15, 0.2) is 0 Å². The number of benzene rings is 3. The second kappa shape index (κ2) is 11.1. The molecule has 0 saturated carbocycles. The Hall–Kier alpha value is -3.46. The van der Waals surface area contributed by atoms with E-state index in [1.165, 1.54) is 11.8 Å². The number of fused-ring (bicyclic) bond motifs is 1. The van der Waals surface area contributed by atoms with Crippen LogP contribution in [0.4, 0.5) is 0 Å². The SMILES string of the molecule is Cc1ccc(SC2(C(=O)N3CCNC(=O)C3)CC(=O)N(Cc3ccc(Cl)cc3)C2c2c[nH]c3cc(Cl)ccc23)cc1. The van der Waals surface area contributed by atoms with E-state index < -0.39 is 10.8 Å². The molecule has 3 aromatic carbocycles. The molecule has 2 aliphatic heterocycles. The summed E-state index contributed by atoms with van der Waals surface area (Å²) >= 11 is 13.9. The largest absolute Gasteiger partial charge is 0.361 e. The third-order valence-corrected chi connectivity index (χ3v) is 9.63. The van der Waals surface area contributed by atoms with Crippen molar-refractivity contribution in [2.24, 2.45) is 0 Å². The molecule has 210 valence electrons. The van der Waals surface area contributed by atoms with Gasteiger partial charge in [-0.05, 0) is 48.9 Å². The van der Waals surface area contributed by atoms with E-state index in [1.54, 1.807) is 21.9 Å². The van der Waals surface area contributed by atoms with Crippen molar-refractivity contribution >= 4 is 63.6 Å². The number of H-pyrrole nitrogens is 1. The Morgan fingerprint density at radius 2 is 1.76 bits per heavy atom. The van der Waals surface area contributed by atoms with Crippen LogP contribution in [0.1, 0.15) is 29.2 Å². The van der Waals surface area contributed by atoms with Crippen molar-refractivity contribution in [2.45, 2.75) is 35.6 Å². The van der Waals surface area contributed by atoms with Crippen molar-refractivity contribution < 1.29 is 14.4 Å². The third kappa shape index (κ3) is 5.32. The first-order chi connectivity index (χ1) is 19.7. The maximum absolute atomic E-state index is 14.7. The normalized spacial score (nSPS) is 21.0. The van der Waals surface area contributed by atoms with E-state index >= 15 is 0 Å². The van der Waals surface area contributed by atoms with Crippen LogP contribution in [0.5, 0.6) is 0 Å². The molecule has 2 N–H and O–H groups in total. The zero-order valence-electron chi connectivity index (χ0n) is 22.3. The van der Waals surface area contributed by atoms with Crippen LogP contribution in [-0.4, -0.2) is 56.9 Å². The van der Waals surface area contributed by atoms with E-state index in [0.29, 0.717) is 29.7 Å². The van der Waals surface area contributed by atoms with Gasteiger partial charge in [-0.1, -0.05) is 59.1 Å². The highest BCUT2D eigenvalue weighted by Gasteiger charge is 2.60. The van der Waals surface area contributed by atoms with Crippen LogP contribution < -0.4 is 5.32 Å². The maximum Gasteiger partial charge on any atom is 0.242 e. The van der Waals surface area contributed by atoms with Crippen LogP contribution in [0.15, 0.2) is 77.8 Å². The fourth-order valence-electron chi connectivity index (χ4n) is 5.78. The first-order valence-corrected chi connectivity index (χ1v) is 14.9. The lowest BCUT2D eigenvalue weighted by Gasteiger charge is -2.40. The second-order valence-electron chi connectivity index (χ2n) is 10.5. The summed E-state index contributed by atoms with van der Waals surface area (Å²) in [5.41, 5.74) is 3.64. The Morgan fingerprint density at radius 1 is 1.02 bits per heavy atom. The molecular formula is C31H28Cl2N4O3S. The molecule has 0 aliphatic carbocycles. The smallest absolute Gasteiger partial charge is 0.242 e. The molecule has 2 unspecified atom stereocenters. The molecule has 1 aromatic heterocycles. The van der Waals surface area contributed by atoms with Gasteiger partial charge in [-0.3, -0.25) is 14.4 Å². The Balaban J connectivity index is 1.53. The summed E-state index contributed by atoms with van der Waals surface area (Å²) in [6.45, 7) is 3.01. The number of piperazine rings is 1. The maximum atomic E-state index is 14.7.